The van der Waals surface area contributed by atoms with Gasteiger partial charge in [0, 0.05) is 30.1 Å². The van der Waals surface area contributed by atoms with Crippen LogP contribution in [-0.2, 0) is 0 Å². The molecule has 2 unspecified atom stereocenters. The maximum absolute atomic E-state index is 4.51. The fraction of sp³-hybridized carbons (Fsp3) is 0.889. The standard InChI is InChI=1S/C9H17N3S/c1-7-5-10-9(11-7)12-3-4-13-6-8(12)2/h7-8H,3-6H2,1-2H3,(H,10,11). The highest BCUT2D eigenvalue weighted by molar-refractivity contribution is 7.99. The fourth-order valence-corrected chi connectivity index (χ4v) is 2.76. The molecule has 0 aliphatic carbocycles. The maximum Gasteiger partial charge on any atom is 0.194 e. The first-order chi connectivity index (χ1) is 6.27. The summed E-state index contributed by atoms with van der Waals surface area (Å²) in [7, 11) is 0. The summed E-state index contributed by atoms with van der Waals surface area (Å²) in [4.78, 5) is 6.92. The number of aliphatic imine (C=N–C) groups is 1. The van der Waals surface area contributed by atoms with E-state index < -0.39 is 0 Å². The van der Waals surface area contributed by atoms with Gasteiger partial charge in [0.05, 0.1) is 6.54 Å². The van der Waals surface area contributed by atoms with Crippen molar-refractivity contribution >= 4 is 17.7 Å². The number of hydrogen-bond donors (Lipinski definition) is 1. The van der Waals surface area contributed by atoms with Crippen molar-refractivity contribution in [2.75, 3.05) is 24.6 Å². The molecule has 0 aromatic rings. The number of nitrogens with zero attached hydrogens (tertiary/aromatic N) is 2. The molecule has 74 valence electrons. The molecule has 2 atom stereocenters. The number of guanidine groups is 1. The Morgan fingerprint density at radius 1 is 1.54 bits per heavy atom. The second-order valence-corrected chi connectivity index (χ2v) is 4.98. The highest BCUT2D eigenvalue weighted by Crippen LogP contribution is 2.17. The lowest BCUT2D eigenvalue weighted by Gasteiger charge is -2.34. The SMILES string of the molecule is CC1CN=C(N2CCSCC2C)N1. The van der Waals surface area contributed by atoms with Gasteiger partial charge >= 0.3 is 0 Å². The topological polar surface area (TPSA) is 27.6 Å². The van der Waals surface area contributed by atoms with Crippen LogP contribution in [0.4, 0.5) is 0 Å². The molecule has 4 heteroatoms. The molecule has 0 aromatic carbocycles. The molecule has 0 radical (unpaired) electrons. The largest absolute Gasteiger partial charge is 0.352 e. The van der Waals surface area contributed by atoms with Gasteiger partial charge in [0.25, 0.3) is 0 Å². The van der Waals surface area contributed by atoms with E-state index in [0.29, 0.717) is 12.1 Å². The number of rotatable bonds is 0. The molecule has 0 aromatic heterocycles. The monoisotopic (exact) mass is 199 g/mol. The molecule has 0 bridgehead atoms. The quantitative estimate of drug-likeness (QED) is 0.624. The van der Waals surface area contributed by atoms with E-state index in [9.17, 15) is 0 Å². The summed E-state index contributed by atoms with van der Waals surface area (Å²) in [5.41, 5.74) is 0. The first-order valence-electron chi connectivity index (χ1n) is 4.93. The lowest BCUT2D eigenvalue weighted by molar-refractivity contribution is 0.354. The van der Waals surface area contributed by atoms with Crippen molar-refractivity contribution in [1.82, 2.24) is 10.2 Å². The van der Waals surface area contributed by atoms with E-state index in [-0.39, 0.29) is 0 Å². The van der Waals surface area contributed by atoms with Crippen LogP contribution in [0.1, 0.15) is 13.8 Å². The number of nitrogens with one attached hydrogen (secondary N) is 1. The Kier molecular flexibility index (Phi) is 2.67. The minimum absolute atomic E-state index is 0.525. The van der Waals surface area contributed by atoms with Gasteiger partial charge in [-0.3, -0.25) is 4.99 Å². The van der Waals surface area contributed by atoms with Crippen LogP contribution in [0, 0.1) is 0 Å². The molecular formula is C9H17N3S. The highest BCUT2D eigenvalue weighted by Gasteiger charge is 2.25. The number of hydrogen-bond acceptors (Lipinski definition) is 4. The van der Waals surface area contributed by atoms with Crippen LogP contribution in [0.2, 0.25) is 0 Å². The molecule has 2 rings (SSSR count). The molecule has 1 N–H and O–H groups in total. The summed E-state index contributed by atoms with van der Waals surface area (Å²) < 4.78 is 0. The van der Waals surface area contributed by atoms with Gasteiger partial charge < -0.3 is 10.2 Å². The Labute approximate surface area is 84.0 Å². The van der Waals surface area contributed by atoms with Gasteiger partial charge in [-0.2, -0.15) is 11.8 Å². The maximum atomic E-state index is 4.51. The predicted molar refractivity (Wildman–Crippen MR) is 58.4 cm³/mol. The molecule has 1 saturated heterocycles. The van der Waals surface area contributed by atoms with Gasteiger partial charge in [0.15, 0.2) is 5.96 Å². The second-order valence-electron chi connectivity index (χ2n) is 3.83. The minimum atomic E-state index is 0.525. The molecule has 2 heterocycles. The van der Waals surface area contributed by atoms with Gasteiger partial charge in [0.1, 0.15) is 0 Å². The van der Waals surface area contributed by atoms with E-state index >= 15 is 0 Å². The Hall–Kier alpha value is -0.380. The van der Waals surface area contributed by atoms with Crippen molar-refractivity contribution < 1.29 is 0 Å². The predicted octanol–water partition coefficient (Wildman–Crippen LogP) is 0.771. The smallest absolute Gasteiger partial charge is 0.194 e. The van der Waals surface area contributed by atoms with Crippen molar-refractivity contribution in [1.29, 1.82) is 0 Å². The zero-order valence-electron chi connectivity index (χ0n) is 8.29. The van der Waals surface area contributed by atoms with E-state index in [1.807, 2.05) is 11.8 Å². The lowest BCUT2D eigenvalue weighted by atomic mass is 10.3. The minimum Gasteiger partial charge on any atom is -0.352 e. The molecule has 2 aliphatic rings. The van der Waals surface area contributed by atoms with Crippen molar-refractivity contribution in [3.63, 3.8) is 0 Å². The van der Waals surface area contributed by atoms with Crippen LogP contribution in [0.25, 0.3) is 0 Å². The Bertz CT molecular complexity index is 217. The summed E-state index contributed by atoms with van der Waals surface area (Å²) in [5, 5.41) is 3.42. The summed E-state index contributed by atoms with van der Waals surface area (Å²) in [5.74, 6) is 3.59. The van der Waals surface area contributed by atoms with Gasteiger partial charge in [-0.15, -0.1) is 0 Å². The second kappa shape index (κ2) is 3.78. The van der Waals surface area contributed by atoms with E-state index in [2.05, 4.69) is 29.1 Å². The average molecular weight is 199 g/mol. The van der Waals surface area contributed by atoms with Gasteiger partial charge in [0.2, 0.25) is 0 Å². The normalized spacial score (nSPS) is 34.3. The molecular weight excluding hydrogens is 182 g/mol. The Morgan fingerprint density at radius 2 is 2.38 bits per heavy atom. The van der Waals surface area contributed by atoms with Gasteiger partial charge in [-0.25, -0.2) is 0 Å². The third-order valence-corrected chi connectivity index (χ3v) is 3.72. The zero-order chi connectivity index (χ0) is 9.26. The van der Waals surface area contributed by atoms with Crippen molar-refractivity contribution in [3.8, 4) is 0 Å². The fourth-order valence-electron chi connectivity index (χ4n) is 1.75. The molecule has 0 spiro atoms. The Balaban J connectivity index is 1.99. The molecule has 1 fully saturated rings. The summed E-state index contributed by atoms with van der Waals surface area (Å²) in [6, 6.07) is 1.16. The summed E-state index contributed by atoms with van der Waals surface area (Å²) in [6.07, 6.45) is 0. The van der Waals surface area contributed by atoms with Crippen LogP contribution in [0.5, 0.6) is 0 Å². The van der Waals surface area contributed by atoms with Crippen LogP contribution < -0.4 is 5.32 Å². The molecule has 13 heavy (non-hydrogen) atoms. The van der Waals surface area contributed by atoms with Crippen LogP contribution in [0.15, 0.2) is 4.99 Å². The zero-order valence-corrected chi connectivity index (χ0v) is 9.10. The molecule has 0 amide bonds. The first-order valence-corrected chi connectivity index (χ1v) is 6.08. The lowest BCUT2D eigenvalue weighted by Crippen LogP contribution is -2.49. The third kappa shape index (κ3) is 1.93. The van der Waals surface area contributed by atoms with E-state index in [1.54, 1.807) is 0 Å². The van der Waals surface area contributed by atoms with Crippen LogP contribution in [0.3, 0.4) is 0 Å². The van der Waals surface area contributed by atoms with Crippen LogP contribution >= 0.6 is 11.8 Å². The van der Waals surface area contributed by atoms with E-state index in [4.69, 9.17) is 0 Å². The summed E-state index contributed by atoms with van der Waals surface area (Å²) >= 11 is 2.04. The van der Waals surface area contributed by atoms with Gasteiger partial charge in [-0.05, 0) is 13.8 Å². The van der Waals surface area contributed by atoms with E-state index in [1.165, 1.54) is 11.5 Å². The highest BCUT2D eigenvalue weighted by atomic mass is 32.2. The van der Waals surface area contributed by atoms with Crippen molar-refractivity contribution in [2.24, 2.45) is 4.99 Å². The van der Waals surface area contributed by atoms with Crippen molar-refractivity contribution in [3.05, 3.63) is 0 Å². The molecule has 2 aliphatic heterocycles. The van der Waals surface area contributed by atoms with E-state index in [0.717, 1.165) is 19.0 Å². The Morgan fingerprint density at radius 3 is 3.00 bits per heavy atom. The van der Waals surface area contributed by atoms with Crippen LogP contribution in [-0.4, -0.2) is 47.5 Å². The third-order valence-electron chi connectivity index (χ3n) is 2.53. The molecule has 3 nitrogen and oxygen atoms in total. The van der Waals surface area contributed by atoms with Gasteiger partial charge in [-0.1, -0.05) is 0 Å². The molecule has 0 saturated carbocycles. The first kappa shape index (κ1) is 9.19. The number of thioether (sulfide) groups is 1. The average Bonchev–Trinajstić information content (AvgIpc) is 2.53. The summed E-state index contributed by atoms with van der Waals surface area (Å²) in [6.45, 7) is 6.54. The van der Waals surface area contributed by atoms with Crippen molar-refractivity contribution in [2.45, 2.75) is 25.9 Å².